The number of nitrogens with zero attached hydrogens (tertiary/aromatic N) is 2. The van der Waals surface area contributed by atoms with Crippen molar-refractivity contribution in [3.8, 4) is 17.0 Å². The maximum absolute atomic E-state index is 12.6. The van der Waals surface area contributed by atoms with Crippen molar-refractivity contribution in [2.75, 3.05) is 11.1 Å². The highest BCUT2D eigenvalue weighted by Gasteiger charge is 2.13. The summed E-state index contributed by atoms with van der Waals surface area (Å²) in [6.45, 7) is 3.90. The number of hydrogen-bond donors (Lipinski definition) is 4. The monoisotopic (exact) mass is 414 g/mol. The molecule has 0 aliphatic carbocycles. The number of anilines is 3. The zero-order chi connectivity index (χ0) is 22.0. The number of H-pyrrole nitrogens is 1. The molecular weight excluding hydrogens is 392 g/mol. The summed E-state index contributed by atoms with van der Waals surface area (Å²) in [6.07, 6.45) is 6.17. The van der Waals surface area contributed by atoms with Crippen LogP contribution in [-0.4, -0.2) is 27.3 Å². The molecule has 0 fully saturated rings. The highest BCUT2D eigenvalue weighted by Crippen LogP contribution is 2.29. The van der Waals surface area contributed by atoms with Gasteiger partial charge in [-0.2, -0.15) is 0 Å². The van der Waals surface area contributed by atoms with Gasteiger partial charge in [0.25, 0.3) is 5.56 Å². The van der Waals surface area contributed by atoms with Crippen molar-refractivity contribution in [3.05, 3.63) is 70.9 Å². The lowest BCUT2D eigenvalue weighted by Gasteiger charge is -2.13. The Morgan fingerprint density at radius 3 is 2.77 bits per heavy atom. The SMILES string of the molecule is CC(C)Oc1cncc(-c2cc3cc[nH]c(=O)c3c(Nc3ccc(C=N)c(N)c3)n2)c1. The van der Waals surface area contributed by atoms with Gasteiger partial charge in [0.1, 0.15) is 11.6 Å². The molecule has 0 amide bonds. The molecule has 5 N–H and O–H groups in total. The molecule has 0 aliphatic heterocycles. The molecule has 8 heteroatoms. The second-order valence-electron chi connectivity index (χ2n) is 7.32. The van der Waals surface area contributed by atoms with Gasteiger partial charge in [0, 0.05) is 41.1 Å². The Morgan fingerprint density at radius 2 is 2.03 bits per heavy atom. The van der Waals surface area contributed by atoms with Crippen LogP contribution in [0.15, 0.2) is 59.8 Å². The minimum absolute atomic E-state index is 0.0202. The minimum Gasteiger partial charge on any atom is -0.489 e. The summed E-state index contributed by atoms with van der Waals surface area (Å²) in [5.74, 6) is 1.04. The van der Waals surface area contributed by atoms with Crippen molar-refractivity contribution < 1.29 is 4.74 Å². The van der Waals surface area contributed by atoms with Crippen molar-refractivity contribution in [2.45, 2.75) is 20.0 Å². The number of aromatic amines is 1. The predicted octanol–water partition coefficient (Wildman–Crippen LogP) is 4.10. The van der Waals surface area contributed by atoms with Gasteiger partial charge in [0.15, 0.2) is 0 Å². The van der Waals surface area contributed by atoms with Crippen molar-refractivity contribution in [2.24, 2.45) is 0 Å². The minimum atomic E-state index is -0.252. The van der Waals surface area contributed by atoms with E-state index in [4.69, 9.17) is 20.9 Å². The molecule has 0 radical (unpaired) electrons. The van der Waals surface area contributed by atoms with Crippen LogP contribution >= 0.6 is 0 Å². The number of nitrogen functional groups attached to an aromatic ring is 1. The first-order valence-electron chi connectivity index (χ1n) is 9.76. The van der Waals surface area contributed by atoms with Crippen molar-refractivity contribution in [1.29, 1.82) is 5.41 Å². The average Bonchev–Trinajstić information content (AvgIpc) is 2.73. The first-order chi connectivity index (χ1) is 14.9. The van der Waals surface area contributed by atoms with Crippen LogP contribution < -0.4 is 21.3 Å². The van der Waals surface area contributed by atoms with Gasteiger partial charge in [-0.3, -0.25) is 9.78 Å². The van der Waals surface area contributed by atoms with Crippen LogP contribution in [0.4, 0.5) is 17.2 Å². The molecule has 0 bridgehead atoms. The largest absolute Gasteiger partial charge is 0.489 e. The van der Waals surface area contributed by atoms with E-state index < -0.39 is 0 Å². The maximum Gasteiger partial charge on any atom is 0.259 e. The summed E-state index contributed by atoms with van der Waals surface area (Å²) in [4.78, 5) is 24.2. The van der Waals surface area contributed by atoms with Gasteiger partial charge < -0.3 is 26.2 Å². The molecule has 4 rings (SSSR count). The number of fused-ring (bicyclic) bond motifs is 1. The van der Waals surface area contributed by atoms with Crippen LogP contribution in [0.3, 0.4) is 0 Å². The van der Waals surface area contributed by atoms with E-state index in [1.165, 1.54) is 6.21 Å². The van der Waals surface area contributed by atoms with Crippen LogP contribution in [0.2, 0.25) is 0 Å². The molecule has 0 unspecified atom stereocenters. The van der Waals surface area contributed by atoms with E-state index in [0.717, 1.165) is 10.9 Å². The Bertz CT molecular complexity index is 1330. The zero-order valence-corrected chi connectivity index (χ0v) is 17.1. The third-order valence-electron chi connectivity index (χ3n) is 4.64. The number of ether oxygens (including phenoxy) is 1. The number of aromatic nitrogens is 3. The first-order valence-corrected chi connectivity index (χ1v) is 9.76. The van der Waals surface area contributed by atoms with Gasteiger partial charge in [-0.05, 0) is 55.6 Å². The summed E-state index contributed by atoms with van der Waals surface area (Å²) >= 11 is 0. The molecular formula is C23H22N6O2. The Balaban J connectivity index is 1.84. The Morgan fingerprint density at radius 1 is 1.19 bits per heavy atom. The number of pyridine rings is 3. The Kier molecular flexibility index (Phi) is 5.36. The van der Waals surface area contributed by atoms with Crippen molar-refractivity contribution in [3.63, 3.8) is 0 Å². The molecule has 8 nitrogen and oxygen atoms in total. The number of nitrogens with one attached hydrogen (secondary N) is 3. The van der Waals surface area contributed by atoms with Crippen LogP contribution in [0.5, 0.6) is 5.75 Å². The topological polar surface area (TPSA) is 130 Å². The first kappa shape index (κ1) is 20.1. The Hall–Kier alpha value is -4.20. The molecule has 156 valence electrons. The maximum atomic E-state index is 12.6. The molecule has 0 saturated carbocycles. The van der Waals surface area contributed by atoms with Crippen molar-refractivity contribution in [1.82, 2.24) is 15.0 Å². The van der Waals surface area contributed by atoms with Crippen LogP contribution in [-0.2, 0) is 0 Å². The summed E-state index contributed by atoms with van der Waals surface area (Å²) in [6, 6.07) is 10.8. The van der Waals surface area contributed by atoms with Gasteiger partial charge in [-0.1, -0.05) is 0 Å². The molecule has 0 atom stereocenters. The quantitative estimate of drug-likeness (QED) is 0.278. The van der Waals surface area contributed by atoms with Gasteiger partial charge >= 0.3 is 0 Å². The fourth-order valence-corrected chi connectivity index (χ4v) is 3.27. The van der Waals surface area contributed by atoms with Gasteiger partial charge in [0.2, 0.25) is 0 Å². The second kappa shape index (κ2) is 8.27. The van der Waals surface area contributed by atoms with E-state index in [1.54, 1.807) is 36.8 Å². The number of hydrogen-bond acceptors (Lipinski definition) is 7. The summed E-state index contributed by atoms with van der Waals surface area (Å²) in [7, 11) is 0. The van der Waals surface area contributed by atoms with E-state index in [0.29, 0.717) is 39.6 Å². The molecule has 4 aromatic rings. The Labute approximate surface area is 178 Å². The van der Waals surface area contributed by atoms with E-state index in [9.17, 15) is 4.79 Å². The number of benzene rings is 1. The van der Waals surface area contributed by atoms with Gasteiger partial charge in [-0.15, -0.1) is 0 Å². The molecule has 0 aliphatic rings. The summed E-state index contributed by atoms with van der Waals surface area (Å²) in [5.41, 5.74) is 8.89. The molecule has 1 aromatic carbocycles. The third-order valence-corrected chi connectivity index (χ3v) is 4.64. The lowest BCUT2D eigenvalue weighted by atomic mass is 10.1. The van der Waals surface area contributed by atoms with Crippen molar-refractivity contribution >= 4 is 34.2 Å². The standard InChI is InChI=1S/C23H22N6O2/c1-13(2)31-18-7-16(11-26-12-18)20-8-14-5-6-27-23(30)21(14)22(29-20)28-17-4-3-15(10-24)19(25)9-17/h3-13,24H,25H2,1-2H3,(H,27,30)(H,28,29). The zero-order valence-electron chi connectivity index (χ0n) is 17.1. The smallest absolute Gasteiger partial charge is 0.259 e. The molecule has 31 heavy (non-hydrogen) atoms. The fourth-order valence-electron chi connectivity index (χ4n) is 3.27. The van der Waals surface area contributed by atoms with Gasteiger partial charge in [-0.25, -0.2) is 4.98 Å². The lowest BCUT2D eigenvalue weighted by molar-refractivity contribution is 0.241. The molecule has 3 heterocycles. The predicted molar refractivity (Wildman–Crippen MR) is 123 cm³/mol. The highest BCUT2D eigenvalue weighted by molar-refractivity contribution is 5.95. The van der Waals surface area contributed by atoms with E-state index in [-0.39, 0.29) is 11.7 Å². The molecule has 0 spiro atoms. The fraction of sp³-hybridized carbons (Fsp3) is 0.130. The molecule has 3 aromatic heterocycles. The molecule has 0 saturated heterocycles. The van der Waals surface area contributed by atoms with E-state index in [2.05, 4.69) is 15.3 Å². The average molecular weight is 414 g/mol. The van der Waals surface area contributed by atoms with Crippen LogP contribution in [0.1, 0.15) is 19.4 Å². The van der Waals surface area contributed by atoms with Crippen LogP contribution in [0.25, 0.3) is 22.0 Å². The van der Waals surface area contributed by atoms with Gasteiger partial charge in [0.05, 0.1) is 23.4 Å². The summed E-state index contributed by atoms with van der Waals surface area (Å²) in [5, 5.41) is 11.8. The number of rotatable bonds is 6. The third kappa shape index (κ3) is 4.23. The second-order valence-corrected chi connectivity index (χ2v) is 7.32. The normalized spacial score (nSPS) is 10.9. The highest BCUT2D eigenvalue weighted by atomic mass is 16.5. The van der Waals surface area contributed by atoms with E-state index >= 15 is 0 Å². The van der Waals surface area contributed by atoms with E-state index in [1.807, 2.05) is 32.0 Å². The summed E-state index contributed by atoms with van der Waals surface area (Å²) < 4.78 is 5.75. The van der Waals surface area contributed by atoms with Crippen LogP contribution in [0, 0.1) is 5.41 Å². The number of nitrogens with two attached hydrogens (primary N) is 1. The lowest BCUT2D eigenvalue weighted by Crippen LogP contribution is -2.09.